The van der Waals surface area contributed by atoms with E-state index in [0.29, 0.717) is 23.6 Å². The number of carbonyl (C=O) groups is 2. The second-order valence-electron chi connectivity index (χ2n) is 9.48. The second-order valence-corrected chi connectivity index (χ2v) is 9.91. The van der Waals surface area contributed by atoms with E-state index in [1.807, 2.05) is 96.1 Å². The fourth-order valence-electron chi connectivity index (χ4n) is 3.97. The molecule has 0 radical (unpaired) electrons. The van der Waals surface area contributed by atoms with E-state index < -0.39 is 0 Å². The van der Waals surface area contributed by atoms with E-state index in [-0.39, 0.29) is 11.9 Å². The number of rotatable bonds is 14. The average molecular weight is 658 g/mol. The van der Waals surface area contributed by atoms with Crippen molar-refractivity contribution in [2.75, 3.05) is 27.3 Å². The molecule has 0 atom stereocenters. The van der Waals surface area contributed by atoms with Gasteiger partial charge in [0.15, 0.2) is 0 Å². The Bertz CT molecular complexity index is 1150. The van der Waals surface area contributed by atoms with E-state index in [2.05, 4.69) is 24.8 Å². The Morgan fingerprint density at radius 2 is 1.28 bits per heavy atom. The van der Waals surface area contributed by atoms with Gasteiger partial charge in [0.25, 0.3) is 0 Å². The molecule has 0 aliphatic carbocycles. The normalized spacial score (nSPS) is 9.48. The molecule has 0 saturated carbocycles. The molecule has 0 spiro atoms. The lowest BCUT2D eigenvalue weighted by atomic mass is 10.1. The van der Waals surface area contributed by atoms with E-state index in [0.717, 1.165) is 61.3 Å². The van der Waals surface area contributed by atoms with Crippen molar-refractivity contribution in [2.45, 2.75) is 101 Å². The molecule has 0 aliphatic heterocycles. The quantitative estimate of drug-likeness (QED) is 0.127. The third-order valence-corrected chi connectivity index (χ3v) is 6.34. The molecule has 6 nitrogen and oxygen atoms in total. The van der Waals surface area contributed by atoms with Crippen molar-refractivity contribution in [3.8, 4) is 5.75 Å². The largest absolute Gasteiger partial charge is 0.489 e. The highest BCUT2D eigenvalue weighted by molar-refractivity contribution is 6.30. The SMILES string of the molecule is CC.CC.CC.CCC.COC(=O)CCCCN(CCc1ccccc1OCc1ccc(Cl)cc1)Cc1ccc(C(=O)OC)cc1. The first-order chi connectivity index (χ1) is 22.4. The monoisotopic (exact) mass is 657 g/mol. The van der Waals surface area contributed by atoms with Gasteiger partial charge in [0, 0.05) is 24.5 Å². The highest BCUT2D eigenvalue weighted by Crippen LogP contribution is 2.21. The molecule has 46 heavy (non-hydrogen) atoms. The molecular weight excluding hydrogens is 598 g/mol. The molecule has 0 aliphatic rings. The molecule has 0 unspecified atom stereocenters. The van der Waals surface area contributed by atoms with Gasteiger partial charge in [-0.1, -0.05) is 116 Å². The fraction of sp³-hybridized carbons (Fsp3) is 0.487. The van der Waals surface area contributed by atoms with E-state index in [1.165, 1.54) is 20.6 Å². The van der Waals surface area contributed by atoms with Crippen LogP contribution in [0.2, 0.25) is 5.02 Å². The van der Waals surface area contributed by atoms with Gasteiger partial charge in [0.05, 0.1) is 19.8 Å². The van der Waals surface area contributed by atoms with Crippen molar-refractivity contribution in [3.05, 3.63) is 100 Å². The number of unbranched alkanes of at least 4 members (excludes halogenated alkanes) is 1. The molecule has 0 aromatic heterocycles. The zero-order chi connectivity index (χ0) is 35.2. The van der Waals surface area contributed by atoms with Crippen LogP contribution in [0.25, 0.3) is 0 Å². The summed E-state index contributed by atoms with van der Waals surface area (Å²) in [5, 5.41) is 0.704. The predicted octanol–water partition coefficient (Wildman–Crippen LogP) is 10.6. The van der Waals surface area contributed by atoms with Crippen LogP contribution in [0, 0.1) is 0 Å². The maximum Gasteiger partial charge on any atom is 0.337 e. The van der Waals surface area contributed by atoms with Gasteiger partial charge in [-0.15, -0.1) is 0 Å². The van der Waals surface area contributed by atoms with Crippen LogP contribution in [0.15, 0.2) is 72.8 Å². The molecule has 0 saturated heterocycles. The molecule has 3 aromatic carbocycles. The Balaban J connectivity index is 0. The summed E-state index contributed by atoms with van der Waals surface area (Å²) in [6, 6.07) is 23.2. The lowest BCUT2D eigenvalue weighted by molar-refractivity contribution is -0.140. The lowest BCUT2D eigenvalue weighted by Gasteiger charge is -2.23. The molecule has 3 aromatic rings. The van der Waals surface area contributed by atoms with Crippen molar-refractivity contribution in [3.63, 3.8) is 0 Å². The molecule has 3 rings (SSSR count). The maximum atomic E-state index is 11.8. The van der Waals surface area contributed by atoms with Crippen LogP contribution >= 0.6 is 11.6 Å². The number of benzene rings is 3. The van der Waals surface area contributed by atoms with Crippen LogP contribution in [0.4, 0.5) is 0 Å². The third kappa shape index (κ3) is 19.9. The first-order valence-electron chi connectivity index (χ1n) is 16.8. The maximum absolute atomic E-state index is 11.8. The smallest absolute Gasteiger partial charge is 0.337 e. The van der Waals surface area contributed by atoms with E-state index >= 15 is 0 Å². The minimum atomic E-state index is -0.346. The number of methoxy groups -OCH3 is 2. The van der Waals surface area contributed by atoms with Gasteiger partial charge in [-0.3, -0.25) is 9.69 Å². The number of carbonyl (C=O) groups excluding carboxylic acids is 2. The average Bonchev–Trinajstić information content (AvgIpc) is 3.11. The summed E-state index contributed by atoms with van der Waals surface area (Å²) in [5.41, 5.74) is 3.83. The van der Waals surface area contributed by atoms with Gasteiger partial charge in [-0.2, -0.15) is 0 Å². The molecule has 0 fully saturated rings. The Labute approximate surface area is 285 Å². The first-order valence-corrected chi connectivity index (χ1v) is 17.2. The second kappa shape index (κ2) is 30.3. The Kier molecular flexibility index (Phi) is 29.5. The Morgan fingerprint density at radius 3 is 1.85 bits per heavy atom. The molecule has 0 heterocycles. The van der Waals surface area contributed by atoms with Crippen LogP contribution in [-0.2, 0) is 33.8 Å². The zero-order valence-electron chi connectivity index (χ0n) is 30.2. The highest BCUT2D eigenvalue weighted by atomic mass is 35.5. The Hall–Kier alpha value is -3.35. The number of esters is 2. The van der Waals surface area contributed by atoms with Crippen LogP contribution < -0.4 is 4.74 Å². The number of hydrogen-bond donors (Lipinski definition) is 0. The number of ether oxygens (including phenoxy) is 3. The predicted molar refractivity (Wildman–Crippen MR) is 195 cm³/mol. The summed E-state index contributed by atoms with van der Waals surface area (Å²) >= 11 is 5.99. The van der Waals surface area contributed by atoms with E-state index in [9.17, 15) is 9.59 Å². The van der Waals surface area contributed by atoms with Gasteiger partial charge in [0.1, 0.15) is 12.4 Å². The van der Waals surface area contributed by atoms with Gasteiger partial charge in [-0.05, 0) is 72.8 Å². The van der Waals surface area contributed by atoms with Crippen molar-refractivity contribution in [1.82, 2.24) is 4.90 Å². The number of para-hydroxylation sites is 1. The number of nitrogens with zero attached hydrogens (tertiary/aromatic N) is 1. The van der Waals surface area contributed by atoms with Crippen molar-refractivity contribution >= 4 is 23.5 Å². The molecular formula is C39H60ClNO5. The minimum Gasteiger partial charge on any atom is -0.489 e. The van der Waals surface area contributed by atoms with Crippen LogP contribution in [-0.4, -0.2) is 44.1 Å². The van der Waals surface area contributed by atoms with E-state index in [4.69, 9.17) is 25.8 Å². The minimum absolute atomic E-state index is 0.184. The van der Waals surface area contributed by atoms with E-state index in [1.54, 1.807) is 12.1 Å². The Morgan fingerprint density at radius 1 is 0.717 bits per heavy atom. The van der Waals surface area contributed by atoms with Crippen molar-refractivity contribution in [1.29, 1.82) is 0 Å². The van der Waals surface area contributed by atoms with Gasteiger partial charge in [0.2, 0.25) is 0 Å². The first kappa shape index (κ1) is 44.8. The third-order valence-electron chi connectivity index (χ3n) is 6.09. The van der Waals surface area contributed by atoms with Gasteiger partial charge < -0.3 is 14.2 Å². The molecule has 0 amide bonds. The molecule has 258 valence electrons. The topological polar surface area (TPSA) is 65.1 Å². The summed E-state index contributed by atoms with van der Waals surface area (Å²) < 4.78 is 15.7. The standard InChI is InChI=1S/C30H34ClNO5.C3H8.3C2H6/c1-35-29(33)9-5-6-19-32(21-23-10-14-26(15-11-23)30(34)36-2)20-18-25-7-3-4-8-28(25)37-22-24-12-16-27(31)17-13-24;1-3-2;3*1-2/h3-4,7-8,10-17H,5-6,9,18-22H2,1-2H3;3H2,1-2H3;3*1-2H3. The summed E-state index contributed by atoms with van der Waals surface area (Å²) in [4.78, 5) is 25.6. The lowest BCUT2D eigenvalue weighted by Crippen LogP contribution is -2.27. The zero-order valence-corrected chi connectivity index (χ0v) is 30.9. The van der Waals surface area contributed by atoms with Gasteiger partial charge in [-0.25, -0.2) is 4.79 Å². The summed E-state index contributed by atoms with van der Waals surface area (Å²) in [6.07, 6.45) is 4.13. The number of hydrogen-bond acceptors (Lipinski definition) is 6. The van der Waals surface area contributed by atoms with Crippen LogP contribution in [0.5, 0.6) is 5.75 Å². The number of halogens is 1. The summed E-state index contributed by atoms with van der Waals surface area (Å²) in [7, 11) is 2.79. The highest BCUT2D eigenvalue weighted by Gasteiger charge is 2.12. The van der Waals surface area contributed by atoms with Crippen LogP contribution in [0.1, 0.15) is 108 Å². The molecule has 7 heteroatoms. The summed E-state index contributed by atoms with van der Waals surface area (Å²) in [5.74, 6) is 0.337. The molecule has 0 N–H and O–H groups in total. The van der Waals surface area contributed by atoms with Crippen LogP contribution in [0.3, 0.4) is 0 Å². The van der Waals surface area contributed by atoms with Crippen molar-refractivity contribution in [2.24, 2.45) is 0 Å². The van der Waals surface area contributed by atoms with Gasteiger partial charge >= 0.3 is 11.9 Å². The summed E-state index contributed by atoms with van der Waals surface area (Å²) in [6.45, 7) is 19.1. The van der Waals surface area contributed by atoms with Crippen molar-refractivity contribution < 1.29 is 23.8 Å². The fourth-order valence-corrected chi connectivity index (χ4v) is 4.10. The molecule has 0 bridgehead atoms.